The molecule has 2 heteroatoms. The zero-order chi connectivity index (χ0) is 17.8. The van der Waals surface area contributed by atoms with E-state index < -0.39 is 8.32 Å². The van der Waals surface area contributed by atoms with E-state index in [1.54, 1.807) is 0 Å². The van der Waals surface area contributed by atoms with Crippen molar-refractivity contribution in [1.82, 2.24) is 0 Å². The average molecular weight is 351 g/mol. The molecule has 132 valence electrons. The molecule has 0 saturated carbocycles. The number of hydrogen-bond acceptors (Lipinski definition) is 1. The molecule has 0 bridgehead atoms. The summed E-state index contributed by atoms with van der Waals surface area (Å²) in [4.78, 5) is 0. The molecule has 0 fully saturated rings. The van der Waals surface area contributed by atoms with Gasteiger partial charge in [-0.2, -0.15) is 0 Å². The maximum atomic E-state index is 6.99. The quantitative estimate of drug-likeness (QED) is 0.549. The van der Waals surface area contributed by atoms with Gasteiger partial charge in [0.05, 0.1) is 0 Å². The van der Waals surface area contributed by atoms with Crippen molar-refractivity contribution in [3.8, 4) is 0 Å². The number of rotatable bonds is 5. The van der Waals surface area contributed by atoms with Gasteiger partial charge in [-0.05, 0) is 40.6 Å². The fourth-order valence-electron chi connectivity index (χ4n) is 4.02. The Hall–Kier alpha value is -1.64. The lowest BCUT2D eigenvalue weighted by atomic mass is 9.97. The fourth-order valence-corrected chi connectivity index (χ4v) is 8.63. The molecular weight excluding hydrogens is 320 g/mol. The van der Waals surface area contributed by atoms with Crippen molar-refractivity contribution in [2.75, 3.05) is 6.61 Å². The van der Waals surface area contributed by atoms with Gasteiger partial charge >= 0.3 is 0 Å². The largest absolute Gasteiger partial charge is 0.407 e. The summed E-state index contributed by atoms with van der Waals surface area (Å²) in [5, 5.41) is 2.80. The van der Waals surface area contributed by atoms with Gasteiger partial charge in [-0.15, -0.1) is 0 Å². The first-order chi connectivity index (χ1) is 12.0. The van der Waals surface area contributed by atoms with Crippen molar-refractivity contribution >= 4 is 18.7 Å². The minimum atomic E-state index is -2.37. The van der Waals surface area contributed by atoms with E-state index in [-0.39, 0.29) is 5.04 Å². The minimum Gasteiger partial charge on any atom is -0.407 e. The third-order valence-corrected chi connectivity index (χ3v) is 10.3. The first-order valence-corrected chi connectivity index (χ1v) is 11.4. The Balaban J connectivity index is 2.05. The van der Waals surface area contributed by atoms with E-state index >= 15 is 0 Å². The number of hydrogen-bond donors (Lipinski definition) is 0. The van der Waals surface area contributed by atoms with E-state index in [4.69, 9.17) is 4.43 Å². The van der Waals surface area contributed by atoms with Crippen LogP contribution in [0.3, 0.4) is 0 Å². The second kappa shape index (κ2) is 7.71. The van der Waals surface area contributed by atoms with Gasteiger partial charge in [-0.1, -0.05) is 93.6 Å². The summed E-state index contributed by atoms with van der Waals surface area (Å²) in [5.41, 5.74) is 0. The summed E-state index contributed by atoms with van der Waals surface area (Å²) in [6.07, 6.45) is 8.43. The first-order valence-electron chi connectivity index (χ1n) is 9.46. The summed E-state index contributed by atoms with van der Waals surface area (Å²) in [7, 11) is -2.37. The molecule has 1 aliphatic rings. The Bertz CT molecular complexity index is 646. The Morgan fingerprint density at radius 3 is 1.92 bits per heavy atom. The maximum absolute atomic E-state index is 6.99. The van der Waals surface area contributed by atoms with Crippen molar-refractivity contribution in [2.45, 2.75) is 45.1 Å². The Morgan fingerprint density at radius 1 is 0.920 bits per heavy atom. The van der Waals surface area contributed by atoms with Gasteiger partial charge in [0, 0.05) is 6.61 Å². The van der Waals surface area contributed by atoms with Crippen LogP contribution in [-0.2, 0) is 4.43 Å². The standard InChI is InChI=1S/C23H30OSi/c1-23(2,3)25(21-15-9-5-10-16-21,22-17-11-6-12-18-22)24-19-20-13-7-4-8-14-20/h5-7,9-13,15-18,20H,4,8,14,19H2,1-3H3/t20-/m1/s1. The second-order valence-corrected chi connectivity index (χ2v) is 12.4. The molecule has 0 amide bonds. The van der Waals surface area contributed by atoms with Gasteiger partial charge in [0.1, 0.15) is 0 Å². The molecule has 0 unspecified atom stereocenters. The molecule has 0 saturated heterocycles. The summed E-state index contributed by atoms with van der Waals surface area (Å²) in [5.74, 6) is 0.551. The molecular formula is C23H30OSi. The second-order valence-electron chi connectivity index (χ2n) is 8.09. The summed E-state index contributed by atoms with van der Waals surface area (Å²) >= 11 is 0. The van der Waals surface area contributed by atoms with Crippen LogP contribution in [0.15, 0.2) is 72.8 Å². The molecule has 1 nitrogen and oxygen atoms in total. The third kappa shape index (κ3) is 3.80. The van der Waals surface area contributed by atoms with Gasteiger partial charge < -0.3 is 4.43 Å². The molecule has 0 aromatic heterocycles. The number of allylic oxidation sites excluding steroid dienone is 1. The highest BCUT2D eigenvalue weighted by Crippen LogP contribution is 2.37. The Labute approximate surface area is 153 Å². The summed E-state index contributed by atoms with van der Waals surface area (Å²) in [6, 6.07) is 21.8. The van der Waals surface area contributed by atoms with Crippen LogP contribution in [0.5, 0.6) is 0 Å². The Morgan fingerprint density at radius 2 is 1.48 bits per heavy atom. The van der Waals surface area contributed by atoms with Crippen LogP contribution in [0.4, 0.5) is 0 Å². The summed E-state index contributed by atoms with van der Waals surface area (Å²) in [6.45, 7) is 7.85. The molecule has 25 heavy (non-hydrogen) atoms. The first kappa shape index (κ1) is 18.2. The maximum Gasteiger partial charge on any atom is 0.261 e. The predicted octanol–water partition coefficient (Wildman–Crippen LogP) is 4.92. The van der Waals surface area contributed by atoms with Crippen LogP contribution in [0.1, 0.15) is 40.0 Å². The van der Waals surface area contributed by atoms with Gasteiger partial charge in [0.25, 0.3) is 8.32 Å². The molecule has 0 N–H and O–H groups in total. The zero-order valence-electron chi connectivity index (χ0n) is 15.7. The smallest absolute Gasteiger partial charge is 0.261 e. The van der Waals surface area contributed by atoms with E-state index in [1.807, 2.05) is 0 Å². The monoisotopic (exact) mass is 350 g/mol. The normalized spacial score (nSPS) is 18.3. The third-order valence-electron chi connectivity index (χ3n) is 5.28. The van der Waals surface area contributed by atoms with Crippen LogP contribution in [0.25, 0.3) is 0 Å². The van der Waals surface area contributed by atoms with E-state index in [9.17, 15) is 0 Å². The molecule has 0 radical (unpaired) electrons. The molecule has 1 atom stereocenters. The molecule has 2 aromatic carbocycles. The lowest BCUT2D eigenvalue weighted by Gasteiger charge is -2.43. The highest BCUT2D eigenvalue weighted by molar-refractivity contribution is 6.99. The SMILES string of the molecule is CC(C)(C)[Si](OC[C@@H]1C=CCCC1)(c1ccccc1)c1ccccc1. The van der Waals surface area contributed by atoms with Crippen molar-refractivity contribution in [2.24, 2.45) is 5.92 Å². The molecule has 2 aromatic rings. The van der Waals surface area contributed by atoms with Crippen LogP contribution < -0.4 is 10.4 Å². The van der Waals surface area contributed by atoms with E-state index in [1.165, 1.54) is 29.6 Å². The highest BCUT2D eigenvalue weighted by Gasteiger charge is 2.50. The lowest BCUT2D eigenvalue weighted by molar-refractivity contribution is 0.248. The van der Waals surface area contributed by atoms with Gasteiger partial charge in [-0.25, -0.2) is 0 Å². The topological polar surface area (TPSA) is 9.23 Å². The molecule has 3 rings (SSSR count). The van der Waals surface area contributed by atoms with Crippen LogP contribution in [0, 0.1) is 5.92 Å². The van der Waals surface area contributed by atoms with Gasteiger partial charge in [0.2, 0.25) is 0 Å². The molecule has 0 aliphatic heterocycles. The number of benzene rings is 2. The lowest BCUT2D eigenvalue weighted by Crippen LogP contribution is -2.66. The van der Waals surface area contributed by atoms with Gasteiger partial charge in [-0.3, -0.25) is 0 Å². The van der Waals surface area contributed by atoms with Crippen molar-refractivity contribution in [1.29, 1.82) is 0 Å². The molecule has 0 heterocycles. The fraction of sp³-hybridized carbons (Fsp3) is 0.391. The van der Waals surface area contributed by atoms with Crippen LogP contribution in [0.2, 0.25) is 5.04 Å². The van der Waals surface area contributed by atoms with Crippen LogP contribution in [-0.4, -0.2) is 14.9 Å². The predicted molar refractivity (Wildman–Crippen MR) is 110 cm³/mol. The van der Waals surface area contributed by atoms with Crippen molar-refractivity contribution in [3.63, 3.8) is 0 Å². The minimum absolute atomic E-state index is 0.0636. The van der Waals surface area contributed by atoms with Crippen molar-refractivity contribution < 1.29 is 4.43 Å². The Kier molecular flexibility index (Phi) is 5.60. The molecule has 1 aliphatic carbocycles. The summed E-state index contributed by atoms with van der Waals surface area (Å²) < 4.78 is 6.99. The van der Waals surface area contributed by atoms with Crippen molar-refractivity contribution in [3.05, 3.63) is 72.8 Å². The van der Waals surface area contributed by atoms with E-state index in [0.29, 0.717) is 5.92 Å². The highest BCUT2D eigenvalue weighted by atomic mass is 28.4. The van der Waals surface area contributed by atoms with Crippen LogP contribution >= 0.6 is 0 Å². The van der Waals surface area contributed by atoms with Gasteiger partial charge in [0.15, 0.2) is 0 Å². The molecule has 0 spiro atoms. The zero-order valence-corrected chi connectivity index (χ0v) is 16.7. The van der Waals surface area contributed by atoms with E-state index in [0.717, 1.165) is 6.61 Å². The average Bonchev–Trinajstić information content (AvgIpc) is 2.64. The van der Waals surface area contributed by atoms with E-state index in [2.05, 4.69) is 93.6 Å².